The number of rotatable bonds is 5. The summed E-state index contributed by atoms with van der Waals surface area (Å²) in [5.41, 5.74) is 1.64. The monoisotopic (exact) mass is 508 g/mol. The molecule has 1 N–H and O–H groups in total. The Bertz CT molecular complexity index is 939. The Morgan fingerprint density at radius 1 is 1.25 bits per heavy atom. The number of benzene rings is 2. The third kappa shape index (κ3) is 4.88. The molecule has 1 fully saturated rings. The minimum absolute atomic E-state index is 0.0472. The first-order valence-corrected chi connectivity index (χ1v) is 10.7. The molecule has 3 rings (SSSR count). The van der Waals surface area contributed by atoms with Crippen LogP contribution < -0.4 is 4.74 Å². The molecule has 1 aliphatic heterocycles. The number of aromatic hydroxyl groups is 1. The minimum atomic E-state index is -0.0472. The van der Waals surface area contributed by atoms with E-state index in [9.17, 15) is 9.90 Å². The normalized spacial score (nSPS) is 17.2. The van der Waals surface area contributed by atoms with Gasteiger partial charge in [-0.1, -0.05) is 19.9 Å². The lowest BCUT2D eigenvalue weighted by Gasteiger charge is -2.17. The molecule has 7 heteroatoms. The second-order valence-corrected chi connectivity index (χ2v) is 8.89. The summed E-state index contributed by atoms with van der Waals surface area (Å²) in [7, 11) is 1.62. The first-order valence-electron chi connectivity index (χ1n) is 8.80. The third-order valence-corrected chi connectivity index (χ3v) is 5.87. The van der Waals surface area contributed by atoms with Gasteiger partial charge in [0.15, 0.2) is 5.17 Å². The summed E-state index contributed by atoms with van der Waals surface area (Å²) in [6, 6.07) is 12.7. The summed E-state index contributed by atoms with van der Waals surface area (Å²) in [6.45, 7) is 4.76. The lowest BCUT2D eigenvalue weighted by atomic mass is 10.2. The Morgan fingerprint density at radius 3 is 2.57 bits per heavy atom. The summed E-state index contributed by atoms with van der Waals surface area (Å²) < 4.78 is 5.93. The number of hydrogen-bond donors (Lipinski definition) is 1. The van der Waals surface area contributed by atoms with Crippen molar-refractivity contribution in [3.63, 3.8) is 0 Å². The minimum Gasteiger partial charge on any atom is -0.507 e. The second kappa shape index (κ2) is 9.00. The van der Waals surface area contributed by atoms with Gasteiger partial charge in [-0.2, -0.15) is 0 Å². The van der Waals surface area contributed by atoms with Gasteiger partial charge in [-0.15, -0.1) is 0 Å². The maximum atomic E-state index is 13.0. The average molecular weight is 508 g/mol. The standard InChI is InChI=1S/C21H21IN2O3S/c1-13(2)12-24-20(26)19(11-14-4-9-18(25)17(22)10-14)28-21(24)23-15-5-7-16(27-3)8-6-15/h4-11,13,25H,12H2,1-3H3/b19-11+,23-21?. The van der Waals surface area contributed by atoms with Gasteiger partial charge in [0.2, 0.25) is 0 Å². The Morgan fingerprint density at radius 2 is 1.96 bits per heavy atom. The van der Waals surface area contributed by atoms with Gasteiger partial charge >= 0.3 is 0 Å². The Labute approximate surface area is 182 Å². The van der Waals surface area contributed by atoms with E-state index < -0.39 is 0 Å². The maximum absolute atomic E-state index is 13.0. The van der Waals surface area contributed by atoms with Crippen molar-refractivity contribution < 1.29 is 14.6 Å². The van der Waals surface area contributed by atoms with E-state index >= 15 is 0 Å². The van der Waals surface area contributed by atoms with Gasteiger partial charge < -0.3 is 9.84 Å². The van der Waals surface area contributed by atoms with Crippen LogP contribution in [0.3, 0.4) is 0 Å². The summed E-state index contributed by atoms with van der Waals surface area (Å²) in [6.07, 6.45) is 1.85. The number of hydrogen-bond acceptors (Lipinski definition) is 5. The predicted octanol–water partition coefficient (Wildman–Crippen LogP) is 5.27. The van der Waals surface area contributed by atoms with Crippen LogP contribution in [0.25, 0.3) is 6.08 Å². The number of amides is 1. The van der Waals surface area contributed by atoms with Crippen molar-refractivity contribution in [2.24, 2.45) is 10.9 Å². The summed E-state index contributed by atoms with van der Waals surface area (Å²) >= 11 is 3.44. The highest BCUT2D eigenvalue weighted by atomic mass is 127. The fourth-order valence-electron chi connectivity index (χ4n) is 2.65. The van der Waals surface area contributed by atoms with Crippen LogP contribution in [-0.4, -0.2) is 34.7 Å². The van der Waals surface area contributed by atoms with E-state index in [1.165, 1.54) is 11.8 Å². The van der Waals surface area contributed by atoms with E-state index in [4.69, 9.17) is 4.74 Å². The predicted molar refractivity (Wildman–Crippen MR) is 123 cm³/mol. The number of carbonyl (C=O) groups excluding carboxylic acids is 1. The van der Waals surface area contributed by atoms with Crippen molar-refractivity contribution in [2.75, 3.05) is 13.7 Å². The molecule has 0 unspecified atom stereocenters. The van der Waals surface area contributed by atoms with Crippen LogP contribution in [0.5, 0.6) is 11.5 Å². The van der Waals surface area contributed by atoms with E-state index in [1.54, 1.807) is 24.1 Å². The van der Waals surface area contributed by atoms with Gasteiger partial charge in [-0.3, -0.25) is 9.69 Å². The molecule has 146 valence electrons. The number of phenolic OH excluding ortho intramolecular Hbond substituents is 1. The van der Waals surface area contributed by atoms with Crippen LogP contribution in [0.4, 0.5) is 5.69 Å². The molecule has 1 amide bonds. The molecule has 1 saturated heterocycles. The molecule has 1 aliphatic rings. The molecule has 0 atom stereocenters. The zero-order valence-corrected chi connectivity index (χ0v) is 18.8. The van der Waals surface area contributed by atoms with Crippen molar-refractivity contribution >= 4 is 57.2 Å². The molecule has 28 heavy (non-hydrogen) atoms. The fraction of sp³-hybridized carbons (Fsp3) is 0.238. The lowest BCUT2D eigenvalue weighted by molar-refractivity contribution is -0.122. The highest BCUT2D eigenvalue weighted by Gasteiger charge is 2.33. The molecule has 5 nitrogen and oxygen atoms in total. The molecule has 0 saturated carbocycles. The first-order chi connectivity index (χ1) is 13.4. The quantitative estimate of drug-likeness (QED) is 0.442. The molecule has 0 bridgehead atoms. The smallest absolute Gasteiger partial charge is 0.266 e. The van der Waals surface area contributed by atoms with Crippen molar-refractivity contribution in [3.8, 4) is 11.5 Å². The van der Waals surface area contributed by atoms with Crippen molar-refractivity contribution in [1.29, 1.82) is 0 Å². The highest BCUT2D eigenvalue weighted by molar-refractivity contribution is 14.1. The van der Waals surface area contributed by atoms with E-state index in [2.05, 4.69) is 41.4 Å². The number of amidine groups is 1. The summed E-state index contributed by atoms with van der Waals surface area (Å²) in [5.74, 6) is 1.27. The molecule has 0 radical (unpaired) electrons. The number of carbonyl (C=O) groups is 1. The molecule has 0 aliphatic carbocycles. The Kier molecular flexibility index (Phi) is 6.66. The van der Waals surface area contributed by atoms with Gasteiger partial charge in [-0.25, -0.2) is 4.99 Å². The van der Waals surface area contributed by atoms with Crippen LogP contribution >= 0.6 is 34.4 Å². The number of phenols is 1. The molecular formula is C21H21IN2O3S. The van der Waals surface area contributed by atoms with Crippen LogP contribution in [0.1, 0.15) is 19.4 Å². The third-order valence-electron chi connectivity index (χ3n) is 4.00. The van der Waals surface area contributed by atoms with E-state index in [0.29, 0.717) is 22.5 Å². The highest BCUT2D eigenvalue weighted by Crippen LogP contribution is 2.35. The van der Waals surface area contributed by atoms with Crippen LogP contribution in [0.15, 0.2) is 52.4 Å². The molecule has 1 heterocycles. The number of nitrogens with zero attached hydrogens (tertiary/aromatic N) is 2. The molecular weight excluding hydrogens is 487 g/mol. The van der Waals surface area contributed by atoms with Crippen molar-refractivity contribution in [2.45, 2.75) is 13.8 Å². The Hall–Kier alpha value is -2.00. The fourth-order valence-corrected chi connectivity index (χ4v) is 4.20. The summed E-state index contributed by atoms with van der Waals surface area (Å²) in [4.78, 5) is 20.0. The molecule has 0 aromatic heterocycles. The van der Waals surface area contributed by atoms with Gasteiger partial charge in [0, 0.05) is 6.54 Å². The SMILES string of the molecule is COc1ccc(N=C2S/C(=C/c3ccc(O)c(I)c3)C(=O)N2CC(C)C)cc1. The molecule has 2 aromatic carbocycles. The van der Waals surface area contributed by atoms with Crippen molar-refractivity contribution in [3.05, 3.63) is 56.5 Å². The van der Waals surface area contributed by atoms with Gasteiger partial charge in [0.1, 0.15) is 11.5 Å². The van der Waals surface area contributed by atoms with Crippen LogP contribution in [-0.2, 0) is 4.79 Å². The second-order valence-electron chi connectivity index (χ2n) is 6.72. The number of halogens is 1. The number of methoxy groups -OCH3 is 1. The first kappa shape index (κ1) is 20.7. The van der Waals surface area contributed by atoms with Gasteiger partial charge in [-0.05, 0) is 88.3 Å². The number of aliphatic imine (C=N–C) groups is 1. The van der Waals surface area contributed by atoms with Crippen LogP contribution in [0, 0.1) is 9.49 Å². The average Bonchev–Trinajstić information content (AvgIpc) is 2.94. The van der Waals surface area contributed by atoms with Gasteiger partial charge in [0.25, 0.3) is 5.91 Å². The van der Waals surface area contributed by atoms with E-state index in [1.807, 2.05) is 36.4 Å². The summed E-state index contributed by atoms with van der Waals surface area (Å²) in [5, 5.41) is 10.4. The number of thioether (sulfide) groups is 1. The number of ether oxygens (including phenoxy) is 1. The van der Waals surface area contributed by atoms with Crippen molar-refractivity contribution in [1.82, 2.24) is 4.90 Å². The van der Waals surface area contributed by atoms with Gasteiger partial charge in [0.05, 0.1) is 21.3 Å². The zero-order chi connectivity index (χ0) is 20.3. The maximum Gasteiger partial charge on any atom is 0.266 e. The molecule has 0 spiro atoms. The van der Waals surface area contributed by atoms with E-state index in [0.717, 1.165) is 20.6 Å². The van der Waals surface area contributed by atoms with E-state index in [-0.39, 0.29) is 11.7 Å². The zero-order valence-electron chi connectivity index (χ0n) is 15.8. The lowest BCUT2D eigenvalue weighted by Crippen LogP contribution is -2.32. The van der Waals surface area contributed by atoms with Crippen LogP contribution in [0.2, 0.25) is 0 Å². The Balaban J connectivity index is 1.94. The topological polar surface area (TPSA) is 62.1 Å². The molecule has 2 aromatic rings. The largest absolute Gasteiger partial charge is 0.507 e.